The van der Waals surface area contributed by atoms with Crippen LogP contribution in [0.4, 0.5) is 10.5 Å². The van der Waals surface area contributed by atoms with Gasteiger partial charge < -0.3 is 4.74 Å². The SMILES string of the molecule is C=C(c1cc2ccccc2s1)N(C(=O)OC(C)(C)C)c1ccccc1C. The highest BCUT2D eigenvalue weighted by Crippen LogP contribution is 2.35. The number of thiophene rings is 1. The maximum atomic E-state index is 13.0. The molecule has 2 aromatic carbocycles. The summed E-state index contributed by atoms with van der Waals surface area (Å²) >= 11 is 1.62. The number of nitrogens with zero attached hydrogens (tertiary/aromatic N) is 1. The highest BCUT2D eigenvalue weighted by molar-refractivity contribution is 7.20. The monoisotopic (exact) mass is 365 g/mol. The number of anilines is 1. The average molecular weight is 365 g/mol. The zero-order valence-corrected chi connectivity index (χ0v) is 16.4. The Morgan fingerprint density at radius 3 is 2.38 bits per heavy atom. The molecule has 0 saturated carbocycles. The van der Waals surface area contributed by atoms with Gasteiger partial charge in [0, 0.05) is 4.70 Å². The summed E-state index contributed by atoms with van der Waals surface area (Å²) in [7, 11) is 0. The molecular formula is C22H23NO2S. The Labute approximate surface area is 158 Å². The number of benzene rings is 2. The average Bonchev–Trinajstić information content (AvgIpc) is 2.99. The molecular weight excluding hydrogens is 342 g/mol. The van der Waals surface area contributed by atoms with Crippen molar-refractivity contribution in [3.05, 3.63) is 71.6 Å². The van der Waals surface area contributed by atoms with E-state index in [4.69, 9.17) is 4.74 Å². The van der Waals surface area contributed by atoms with Crippen molar-refractivity contribution in [2.45, 2.75) is 33.3 Å². The smallest absolute Gasteiger partial charge is 0.419 e. The molecule has 0 fully saturated rings. The highest BCUT2D eigenvalue weighted by atomic mass is 32.1. The number of rotatable bonds is 3. The first-order valence-electron chi connectivity index (χ1n) is 8.53. The van der Waals surface area contributed by atoms with Crippen LogP contribution in [0.5, 0.6) is 0 Å². The van der Waals surface area contributed by atoms with Crippen molar-refractivity contribution in [3.63, 3.8) is 0 Å². The van der Waals surface area contributed by atoms with Gasteiger partial charge in [0.25, 0.3) is 0 Å². The largest absolute Gasteiger partial charge is 0.443 e. The van der Waals surface area contributed by atoms with Gasteiger partial charge in [0.05, 0.1) is 16.3 Å². The molecule has 3 rings (SSSR count). The molecule has 0 aliphatic carbocycles. The summed E-state index contributed by atoms with van der Waals surface area (Å²) < 4.78 is 6.82. The lowest BCUT2D eigenvalue weighted by Crippen LogP contribution is -2.35. The number of ether oxygens (including phenoxy) is 1. The van der Waals surface area contributed by atoms with Crippen molar-refractivity contribution in [1.29, 1.82) is 0 Å². The van der Waals surface area contributed by atoms with Gasteiger partial charge in [-0.3, -0.25) is 0 Å². The van der Waals surface area contributed by atoms with Crippen molar-refractivity contribution in [1.82, 2.24) is 0 Å². The number of hydrogen-bond acceptors (Lipinski definition) is 3. The summed E-state index contributed by atoms with van der Waals surface area (Å²) in [4.78, 5) is 15.5. The van der Waals surface area contributed by atoms with Crippen LogP contribution in [0.1, 0.15) is 31.2 Å². The van der Waals surface area contributed by atoms with Gasteiger partial charge in [0.1, 0.15) is 5.60 Å². The third-order valence-electron chi connectivity index (χ3n) is 3.91. The number of amides is 1. The Hall–Kier alpha value is -2.59. The molecule has 3 aromatic rings. The Balaban J connectivity index is 2.06. The van der Waals surface area contributed by atoms with Crippen LogP contribution in [0.15, 0.2) is 61.2 Å². The molecule has 0 atom stereocenters. The second-order valence-corrected chi connectivity index (χ2v) is 8.28. The topological polar surface area (TPSA) is 29.5 Å². The summed E-state index contributed by atoms with van der Waals surface area (Å²) in [5.41, 5.74) is 1.80. The number of carbonyl (C=O) groups is 1. The Morgan fingerprint density at radius 1 is 1.08 bits per heavy atom. The van der Waals surface area contributed by atoms with Gasteiger partial charge in [-0.05, 0) is 56.8 Å². The zero-order chi connectivity index (χ0) is 18.9. The summed E-state index contributed by atoms with van der Waals surface area (Å²) in [6, 6.07) is 18.0. The Morgan fingerprint density at radius 2 is 1.73 bits per heavy atom. The van der Waals surface area contributed by atoms with Crippen LogP contribution < -0.4 is 4.90 Å². The minimum absolute atomic E-state index is 0.422. The molecule has 3 nitrogen and oxygen atoms in total. The molecule has 1 heterocycles. The molecule has 0 radical (unpaired) electrons. The first-order valence-corrected chi connectivity index (χ1v) is 9.34. The predicted molar refractivity (Wildman–Crippen MR) is 111 cm³/mol. The number of aryl methyl sites for hydroxylation is 1. The van der Waals surface area contributed by atoms with Crippen molar-refractivity contribution in [2.24, 2.45) is 0 Å². The molecule has 134 valence electrons. The van der Waals surface area contributed by atoms with Crippen LogP contribution in [-0.4, -0.2) is 11.7 Å². The van der Waals surface area contributed by atoms with Gasteiger partial charge in [-0.2, -0.15) is 0 Å². The third kappa shape index (κ3) is 3.81. The molecule has 0 aliphatic heterocycles. The van der Waals surface area contributed by atoms with Gasteiger partial charge in [-0.15, -0.1) is 11.3 Å². The predicted octanol–water partition coefficient (Wildman–Crippen LogP) is 6.62. The van der Waals surface area contributed by atoms with E-state index in [9.17, 15) is 4.79 Å². The van der Waals surface area contributed by atoms with E-state index < -0.39 is 11.7 Å². The van der Waals surface area contributed by atoms with Gasteiger partial charge in [0.2, 0.25) is 0 Å². The van der Waals surface area contributed by atoms with Gasteiger partial charge >= 0.3 is 6.09 Å². The van der Waals surface area contributed by atoms with Crippen LogP contribution in [0.25, 0.3) is 15.8 Å². The van der Waals surface area contributed by atoms with E-state index in [2.05, 4.69) is 24.8 Å². The summed E-state index contributed by atoms with van der Waals surface area (Å²) in [6.07, 6.45) is -0.422. The lowest BCUT2D eigenvalue weighted by atomic mass is 10.1. The number of hydrogen-bond donors (Lipinski definition) is 0. The molecule has 0 N–H and O–H groups in total. The molecule has 0 aliphatic rings. The highest BCUT2D eigenvalue weighted by Gasteiger charge is 2.27. The second-order valence-electron chi connectivity index (χ2n) is 7.20. The minimum Gasteiger partial charge on any atom is -0.443 e. The molecule has 0 unspecified atom stereocenters. The fourth-order valence-corrected chi connectivity index (χ4v) is 3.73. The summed E-state index contributed by atoms with van der Waals surface area (Å²) in [5, 5.41) is 1.14. The van der Waals surface area contributed by atoms with Gasteiger partial charge in [0.15, 0.2) is 0 Å². The quantitative estimate of drug-likeness (QED) is 0.522. The zero-order valence-electron chi connectivity index (χ0n) is 15.6. The Kier molecular flexibility index (Phi) is 4.88. The summed E-state index contributed by atoms with van der Waals surface area (Å²) in [5.74, 6) is 0. The maximum Gasteiger partial charge on any atom is 0.419 e. The van der Waals surface area contributed by atoms with E-state index in [1.54, 1.807) is 16.2 Å². The van der Waals surface area contributed by atoms with E-state index in [1.165, 1.54) is 0 Å². The van der Waals surface area contributed by atoms with E-state index in [1.807, 2.05) is 64.1 Å². The fourth-order valence-electron chi connectivity index (χ4n) is 2.71. The first-order chi connectivity index (χ1) is 12.3. The summed E-state index contributed by atoms with van der Waals surface area (Å²) in [6.45, 7) is 11.8. The van der Waals surface area contributed by atoms with Crippen molar-refractivity contribution < 1.29 is 9.53 Å². The number of fused-ring (bicyclic) bond motifs is 1. The van der Waals surface area contributed by atoms with Crippen LogP contribution in [0.3, 0.4) is 0 Å². The van der Waals surface area contributed by atoms with Gasteiger partial charge in [-0.1, -0.05) is 43.0 Å². The van der Waals surface area contributed by atoms with Crippen molar-refractivity contribution in [2.75, 3.05) is 4.90 Å². The van der Waals surface area contributed by atoms with Crippen LogP contribution >= 0.6 is 11.3 Å². The Bertz CT molecular complexity index is 932. The van der Waals surface area contributed by atoms with Crippen LogP contribution in [0, 0.1) is 6.92 Å². The van der Waals surface area contributed by atoms with Crippen LogP contribution in [-0.2, 0) is 4.74 Å². The van der Waals surface area contributed by atoms with Crippen molar-refractivity contribution >= 4 is 38.9 Å². The second kappa shape index (κ2) is 6.96. The normalized spacial score (nSPS) is 11.4. The van der Waals surface area contributed by atoms with E-state index >= 15 is 0 Å². The first kappa shape index (κ1) is 18.2. The van der Waals surface area contributed by atoms with Crippen molar-refractivity contribution in [3.8, 4) is 0 Å². The number of carbonyl (C=O) groups excluding carboxylic acids is 1. The fraction of sp³-hybridized carbons (Fsp3) is 0.227. The lowest BCUT2D eigenvalue weighted by molar-refractivity contribution is 0.0600. The van der Waals surface area contributed by atoms with E-state index in [0.29, 0.717) is 5.70 Å². The molecule has 1 aromatic heterocycles. The standard InChI is InChI=1S/C22H23NO2S/c1-15-10-6-8-12-18(15)23(21(24)25-22(3,4)5)16(2)20-14-17-11-7-9-13-19(17)26-20/h6-14H,2H2,1,3-5H3. The van der Waals surface area contributed by atoms with E-state index in [0.717, 1.165) is 26.2 Å². The maximum absolute atomic E-state index is 13.0. The lowest BCUT2D eigenvalue weighted by Gasteiger charge is -2.29. The van der Waals surface area contributed by atoms with Gasteiger partial charge in [-0.25, -0.2) is 9.69 Å². The molecule has 0 saturated heterocycles. The van der Waals surface area contributed by atoms with E-state index in [-0.39, 0.29) is 0 Å². The molecule has 4 heteroatoms. The molecule has 0 spiro atoms. The van der Waals surface area contributed by atoms with Crippen LogP contribution in [0.2, 0.25) is 0 Å². The molecule has 1 amide bonds. The minimum atomic E-state index is -0.585. The molecule has 0 bridgehead atoms. The third-order valence-corrected chi connectivity index (χ3v) is 5.08. The number of para-hydroxylation sites is 1. The molecule has 26 heavy (non-hydrogen) atoms.